The maximum Gasteiger partial charge on any atom is 0.410 e. The van der Waals surface area contributed by atoms with Crippen molar-refractivity contribution in [1.82, 2.24) is 4.90 Å². The predicted molar refractivity (Wildman–Crippen MR) is 98.3 cm³/mol. The number of hydrogen-bond donors (Lipinski definition) is 0. The molecule has 1 aromatic carbocycles. The zero-order valence-corrected chi connectivity index (χ0v) is 17.1. The number of halogens is 1. The van der Waals surface area contributed by atoms with Gasteiger partial charge >= 0.3 is 6.09 Å². The fraction of sp³-hybridized carbons (Fsp3) is 0.588. The molecule has 1 atom stereocenters. The highest BCUT2D eigenvalue weighted by Crippen LogP contribution is 2.27. The van der Waals surface area contributed by atoms with E-state index in [1.807, 2.05) is 13.0 Å². The fourth-order valence-corrected chi connectivity index (χ4v) is 3.10. The average Bonchev–Trinajstić information content (AvgIpc) is 2.38. The van der Waals surface area contributed by atoms with Gasteiger partial charge in [0.05, 0.1) is 6.26 Å². The number of amides is 1. The molecule has 0 radical (unpaired) electrons. The zero-order valence-electron chi connectivity index (χ0n) is 15.5. The molecule has 0 spiro atoms. The Bertz CT molecular complexity index is 692. The van der Waals surface area contributed by atoms with Crippen LogP contribution in [-0.4, -0.2) is 44.9 Å². The van der Waals surface area contributed by atoms with Crippen molar-refractivity contribution in [2.24, 2.45) is 0 Å². The van der Waals surface area contributed by atoms with Gasteiger partial charge in [-0.3, -0.25) is 4.18 Å². The number of carbonyl (C=O) groups is 1. The fourth-order valence-electron chi connectivity index (χ4n) is 2.17. The summed E-state index contributed by atoms with van der Waals surface area (Å²) in [6.07, 6.45) is 0.0579. The number of nitrogens with zero attached hydrogens (tertiary/aromatic N) is 1. The Morgan fingerprint density at radius 1 is 1.28 bits per heavy atom. The summed E-state index contributed by atoms with van der Waals surface area (Å²) in [5.41, 5.74) is 0.941. The Balaban J connectivity index is 2.90. The standard InChI is InChI=1S/C17H26ClNO5S/c1-12-9-13(11-14(18)10-12)15(24-25(6,21)22)7-8-19(5)16(20)23-17(2,3)4/h9-11,15H,7-8H2,1-6H3/t15-/m1/s1. The number of benzene rings is 1. The van der Waals surface area contributed by atoms with Crippen LogP contribution in [0.15, 0.2) is 18.2 Å². The summed E-state index contributed by atoms with van der Waals surface area (Å²) < 4.78 is 33.7. The molecule has 0 heterocycles. The lowest BCUT2D eigenvalue weighted by atomic mass is 10.0. The van der Waals surface area contributed by atoms with Gasteiger partial charge in [-0.25, -0.2) is 4.79 Å². The SMILES string of the molecule is Cc1cc(Cl)cc([C@@H](CCN(C)C(=O)OC(C)(C)C)OS(C)(=O)=O)c1. The lowest BCUT2D eigenvalue weighted by Crippen LogP contribution is -2.35. The molecule has 0 aromatic heterocycles. The third-order valence-electron chi connectivity index (χ3n) is 3.16. The predicted octanol–water partition coefficient (Wildman–Crippen LogP) is 3.92. The lowest BCUT2D eigenvalue weighted by molar-refractivity contribution is 0.0280. The van der Waals surface area contributed by atoms with Crippen LogP contribution in [0.25, 0.3) is 0 Å². The normalized spacial score (nSPS) is 13.4. The van der Waals surface area contributed by atoms with Gasteiger partial charge in [0.25, 0.3) is 10.1 Å². The van der Waals surface area contributed by atoms with E-state index in [0.717, 1.165) is 11.8 Å². The van der Waals surface area contributed by atoms with Gasteiger partial charge < -0.3 is 9.64 Å². The maximum absolute atomic E-state index is 12.0. The van der Waals surface area contributed by atoms with Crippen molar-refractivity contribution in [3.8, 4) is 0 Å². The van der Waals surface area contributed by atoms with Crippen LogP contribution in [0.2, 0.25) is 5.02 Å². The van der Waals surface area contributed by atoms with E-state index in [0.29, 0.717) is 10.6 Å². The van der Waals surface area contributed by atoms with E-state index in [1.54, 1.807) is 40.0 Å². The van der Waals surface area contributed by atoms with Crippen LogP contribution in [0.4, 0.5) is 4.79 Å². The van der Waals surface area contributed by atoms with Crippen molar-refractivity contribution in [2.75, 3.05) is 19.8 Å². The number of aryl methyl sites for hydroxylation is 1. The summed E-state index contributed by atoms with van der Waals surface area (Å²) >= 11 is 6.06. The molecule has 0 saturated carbocycles. The van der Waals surface area contributed by atoms with E-state index in [1.165, 1.54) is 4.90 Å². The van der Waals surface area contributed by atoms with E-state index in [2.05, 4.69) is 0 Å². The summed E-state index contributed by atoms with van der Waals surface area (Å²) in [6.45, 7) is 7.47. The number of hydrogen-bond acceptors (Lipinski definition) is 5. The third kappa shape index (κ3) is 8.56. The zero-order chi connectivity index (χ0) is 19.4. The first-order valence-electron chi connectivity index (χ1n) is 7.86. The van der Waals surface area contributed by atoms with Crippen molar-refractivity contribution >= 4 is 27.8 Å². The van der Waals surface area contributed by atoms with Crippen molar-refractivity contribution in [1.29, 1.82) is 0 Å². The summed E-state index contributed by atoms with van der Waals surface area (Å²) in [5, 5.41) is 0.498. The molecule has 0 saturated heterocycles. The molecule has 8 heteroatoms. The summed E-state index contributed by atoms with van der Waals surface area (Å²) in [4.78, 5) is 13.4. The molecule has 0 bridgehead atoms. The van der Waals surface area contributed by atoms with Crippen LogP contribution in [-0.2, 0) is 19.0 Å². The number of ether oxygens (including phenoxy) is 1. The smallest absolute Gasteiger partial charge is 0.410 e. The minimum absolute atomic E-state index is 0.265. The molecule has 1 rings (SSSR count). The molecular weight excluding hydrogens is 366 g/mol. The highest BCUT2D eigenvalue weighted by Gasteiger charge is 2.23. The Kier molecular flexibility index (Phi) is 7.28. The quantitative estimate of drug-likeness (QED) is 0.687. The first-order chi connectivity index (χ1) is 11.3. The largest absolute Gasteiger partial charge is 0.444 e. The van der Waals surface area contributed by atoms with Crippen molar-refractivity contribution in [3.63, 3.8) is 0 Å². The van der Waals surface area contributed by atoms with Crippen LogP contribution in [0.3, 0.4) is 0 Å². The molecule has 0 fully saturated rings. The van der Waals surface area contributed by atoms with Gasteiger partial charge in [0.1, 0.15) is 11.7 Å². The number of rotatable bonds is 6. The molecule has 0 aliphatic heterocycles. The third-order valence-corrected chi connectivity index (χ3v) is 3.96. The Morgan fingerprint density at radius 3 is 2.36 bits per heavy atom. The maximum atomic E-state index is 12.0. The second-order valence-electron chi connectivity index (χ2n) is 7.04. The molecule has 1 amide bonds. The van der Waals surface area contributed by atoms with Gasteiger partial charge in [-0.2, -0.15) is 8.42 Å². The molecule has 6 nitrogen and oxygen atoms in total. The van der Waals surface area contributed by atoms with Crippen molar-refractivity contribution in [3.05, 3.63) is 34.3 Å². The van der Waals surface area contributed by atoms with Gasteiger partial charge in [0.2, 0.25) is 0 Å². The lowest BCUT2D eigenvalue weighted by Gasteiger charge is -2.26. The summed E-state index contributed by atoms with van der Waals surface area (Å²) in [6, 6.07) is 5.25. The topological polar surface area (TPSA) is 72.9 Å². The molecular formula is C17H26ClNO5S. The van der Waals surface area contributed by atoms with E-state index < -0.39 is 27.9 Å². The Hall–Kier alpha value is -1.31. The Labute approximate surface area is 155 Å². The van der Waals surface area contributed by atoms with Crippen LogP contribution in [0.5, 0.6) is 0 Å². The van der Waals surface area contributed by atoms with Gasteiger partial charge in [0.15, 0.2) is 0 Å². The van der Waals surface area contributed by atoms with Gasteiger partial charge in [-0.05, 0) is 57.4 Å². The summed E-state index contributed by atoms with van der Waals surface area (Å²) in [5.74, 6) is 0. The van der Waals surface area contributed by atoms with Crippen LogP contribution >= 0.6 is 11.6 Å². The summed E-state index contributed by atoms with van der Waals surface area (Å²) in [7, 11) is -2.08. The minimum atomic E-state index is -3.67. The van der Waals surface area contributed by atoms with E-state index >= 15 is 0 Å². The highest BCUT2D eigenvalue weighted by molar-refractivity contribution is 7.86. The first-order valence-corrected chi connectivity index (χ1v) is 10.1. The molecule has 0 aliphatic carbocycles. The van der Waals surface area contributed by atoms with Gasteiger partial charge in [0, 0.05) is 18.6 Å². The minimum Gasteiger partial charge on any atom is -0.444 e. The van der Waals surface area contributed by atoms with E-state index in [9.17, 15) is 13.2 Å². The Morgan fingerprint density at radius 2 is 1.88 bits per heavy atom. The van der Waals surface area contributed by atoms with Gasteiger partial charge in [-0.1, -0.05) is 17.7 Å². The van der Waals surface area contributed by atoms with E-state index in [4.69, 9.17) is 20.5 Å². The van der Waals surface area contributed by atoms with Crippen molar-refractivity contribution in [2.45, 2.75) is 45.8 Å². The van der Waals surface area contributed by atoms with E-state index in [-0.39, 0.29) is 13.0 Å². The highest BCUT2D eigenvalue weighted by atomic mass is 35.5. The number of carbonyl (C=O) groups excluding carboxylic acids is 1. The van der Waals surface area contributed by atoms with Gasteiger partial charge in [-0.15, -0.1) is 0 Å². The van der Waals surface area contributed by atoms with Crippen LogP contribution in [0.1, 0.15) is 44.4 Å². The molecule has 0 N–H and O–H groups in total. The monoisotopic (exact) mass is 391 g/mol. The van der Waals surface area contributed by atoms with Crippen molar-refractivity contribution < 1.29 is 22.1 Å². The molecule has 0 unspecified atom stereocenters. The second kappa shape index (κ2) is 8.38. The molecule has 142 valence electrons. The molecule has 1 aromatic rings. The molecule has 25 heavy (non-hydrogen) atoms. The van der Waals surface area contributed by atoms with Crippen LogP contribution in [0, 0.1) is 6.92 Å². The average molecular weight is 392 g/mol. The van der Waals surface area contributed by atoms with Crippen LogP contribution < -0.4 is 0 Å². The second-order valence-corrected chi connectivity index (χ2v) is 9.08. The molecule has 0 aliphatic rings. The first kappa shape index (κ1) is 21.7.